The van der Waals surface area contributed by atoms with Crippen molar-refractivity contribution in [2.24, 2.45) is 11.3 Å². The maximum atomic E-state index is 5.76. The Morgan fingerprint density at radius 1 is 1.32 bits per heavy atom. The predicted octanol–water partition coefficient (Wildman–Crippen LogP) is 1.70. The quantitative estimate of drug-likeness (QED) is 0.819. The van der Waals surface area contributed by atoms with E-state index in [9.17, 15) is 0 Å². The number of ether oxygens (including phenoxy) is 1. The SMILES string of the molecule is CN(C)C[C@]12COC[C@H]1CN(Cc1ccccc1)C2. The molecule has 0 unspecified atom stereocenters. The first-order valence-electron chi connectivity index (χ1n) is 7.17. The summed E-state index contributed by atoms with van der Waals surface area (Å²) in [4.78, 5) is 4.92. The van der Waals surface area contributed by atoms with Crippen LogP contribution in [0, 0.1) is 11.3 Å². The fourth-order valence-corrected chi connectivity index (χ4v) is 3.76. The van der Waals surface area contributed by atoms with E-state index in [1.165, 1.54) is 18.7 Å². The third-order valence-electron chi connectivity index (χ3n) is 4.47. The normalized spacial score (nSPS) is 31.0. The Morgan fingerprint density at radius 2 is 2.11 bits per heavy atom. The summed E-state index contributed by atoms with van der Waals surface area (Å²) in [7, 11) is 4.34. The van der Waals surface area contributed by atoms with Gasteiger partial charge in [-0.3, -0.25) is 4.90 Å². The monoisotopic (exact) mass is 260 g/mol. The number of hydrogen-bond acceptors (Lipinski definition) is 3. The summed E-state index contributed by atoms with van der Waals surface area (Å²) in [5, 5.41) is 0. The Labute approximate surface area is 116 Å². The highest BCUT2D eigenvalue weighted by atomic mass is 16.5. The van der Waals surface area contributed by atoms with Gasteiger partial charge in [-0.1, -0.05) is 30.3 Å². The second-order valence-electron chi connectivity index (χ2n) is 6.47. The van der Waals surface area contributed by atoms with E-state index < -0.39 is 0 Å². The number of hydrogen-bond donors (Lipinski definition) is 0. The van der Waals surface area contributed by atoms with Crippen LogP contribution in [0.1, 0.15) is 5.56 Å². The first-order chi connectivity index (χ1) is 9.18. The van der Waals surface area contributed by atoms with Crippen LogP contribution in [0.4, 0.5) is 0 Å². The van der Waals surface area contributed by atoms with Crippen LogP contribution in [0.3, 0.4) is 0 Å². The van der Waals surface area contributed by atoms with Crippen molar-refractivity contribution >= 4 is 0 Å². The van der Waals surface area contributed by atoms with Crippen LogP contribution < -0.4 is 0 Å². The molecule has 2 aliphatic rings. The van der Waals surface area contributed by atoms with E-state index in [1.54, 1.807) is 0 Å². The molecule has 1 aromatic rings. The number of nitrogens with zero attached hydrogens (tertiary/aromatic N) is 2. The third kappa shape index (κ3) is 2.69. The summed E-state index contributed by atoms with van der Waals surface area (Å²) in [6.45, 7) is 6.45. The Balaban J connectivity index is 1.68. The molecule has 0 amide bonds. The Hall–Kier alpha value is -0.900. The number of likely N-dealkylation sites (tertiary alicyclic amines) is 1. The van der Waals surface area contributed by atoms with Gasteiger partial charge in [-0.15, -0.1) is 0 Å². The van der Waals surface area contributed by atoms with Gasteiger partial charge in [0.15, 0.2) is 0 Å². The maximum Gasteiger partial charge on any atom is 0.0551 e. The van der Waals surface area contributed by atoms with Gasteiger partial charge in [-0.05, 0) is 19.7 Å². The van der Waals surface area contributed by atoms with Crippen LogP contribution in [0.5, 0.6) is 0 Å². The molecule has 104 valence electrons. The molecule has 0 spiro atoms. The molecule has 2 saturated heterocycles. The Kier molecular flexibility index (Phi) is 3.61. The first kappa shape index (κ1) is 13.1. The summed E-state index contributed by atoms with van der Waals surface area (Å²) in [5.74, 6) is 0.707. The van der Waals surface area contributed by atoms with Crippen molar-refractivity contribution in [2.75, 3.05) is 46.9 Å². The highest BCUT2D eigenvalue weighted by molar-refractivity contribution is 5.15. The standard InChI is InChI=1S/C16H24N2O/c1-17(2)11-16-12-18(9-15(16)10-19-13-16)8-14-6-4-3-5-7-14/h3-7,15H,8-13H2,1-2H3/t15-,16+/m1/s1. The van der Waals surface area contributed by atoms with E-state index in [0.717, 1.165) is 26.3 Å². The molecular weight excluding hydrogens is 236 g/mol. The van der Waals surface area contributed by atoms with Gasteiger partial charge >= 0.3 is 0 Å². The molecule has 0 saturated carbocycles. The Morgan fingerprint density at radius 3 is 2.84 bits per heavy atom. The van der Waals surface area contributed by atoms with Gasteiger partial charge < -0.3 is 9.64 Å². The molecular formula is C16H24N2O. The van der Waals surface area contributed by atoms with Crippen LogP contribution in [0.15, 0.2) is 30.3 Å². The predicted molar refractivity (Wildman–Crippen MR) is 77.0 cm³/mol. The van der Waals surface area contributed by atoms with Gasteiger partial charge in [-0.25, -0.2) is 0 Å². The van der Waals surface area contributed by atoms with E-state index in [-0.39, 0.29) is 0 Å². The molecule has 2 fully saturated rings. The van der Waals surface area contributed by atoms with Gasteiger partial charge in [0.2, 0.25) is 0 Å². The van der Waals surface area contributed by atoms with Crippen LogP contribution in [0.25, 0.3) is 0 Å². The third-order valence-corrected chi connectivity index (χ3v) is 4.47. The molecule has 0 bridgehead atoms. The molecule has 2 atom stereocenters. The van der Waals surface area contributed by atoms with E-state index >= 15 is 0 Å². The zero-order valence-electron chi connectivity index (χ0n) is 12.0. The number of rotatable bonds is 4. The topological polar surface area (TPSA) is 15.7 Å². The molecule has 3 nitrogen and oxygen atoms in total. The lowest BCUT2D eigenvalue weighted by molar-refractivity contribution is 0.109. The van der Waals surface area contributed by atoms with E-state index in [2.05, 4.69) is 54.2 Å². The van der Waals surface area contributed by atoms with Crippen molar-refractivity contribution in [1.82, 2.24) is 9.80 Å². The van der Waals surface area contributed by atoms with Crippen LogP contribution in [0.2, 0.25) is 0 Å². The lowest BCUT2D eigenvalue weighted by Crippen LogP contribution is -2.40. The second kappa shape index (κ2) is 5.23. The molecule has 3 rings (SSSR count). The van der Waals surface area contributed by atoms with Gasteiger partial charge in [0.05, 0.1) is 13.2 Å². The maximum absolute atomic E-state index is 5.76. The molecule has 19 heavy (non-hydrogen) atoms. The summed E-state index contributed by atoms with van der Waals surface area (Å²) < 4.78 is 5.76. The van der Waals surface area contributed by atoms with E-state index in [0.29, 0.717) is 11.3 Å². The minimum atomic E-state index is 0.359. The van der Waals surface area contributed by atoms with Gasteiger partial charge in [0, 0.05) is 37.5 Å². The molecule has 0 radical (unpaired) electrons. The zero-order chi connectivity index (χ0) is 13.3. The zero-order valence-corrected chi connectivity index (χ0v) is 12.0. The van der Waals surface area contributed by atoms with Crippen molar-refractivity contribution in [3.63, 3.8) is 0 Å². The van der Waals surface area contributed by atoms with Crippen molar-refractivity contribution < 1.29 is 4.74 Å². The minimum absolute atomic E-state index is 0.359. The van der Waals surface area contributed by atoms with E-state index in [1.807, 2.05) is 0 Å². The largest absolute Gasteiger partial charge is 0.380 e. The molecule has 2 heterocycles. The van der Waals surface area contributed by atoms with Crippen LogP contribution >= 0.6 is 0 Å². The van der Waals surface area contributed by atoms with Gasteiger partial charge in [0.1, 0.15) is 0 Å². The van der Waals surface area contributed by atoms with E-state index in [4.69, 9.17) is 4.74 Å². The highest BCUT2D eigenvalue weighted by Gasteiger charge is 2.50. The van der Waals surface area contributed by atoms with Crippen molar-refractivity contribution in [3.8, 4) is 0 Å². The van der Waals surface area contributed by atoms with Crippen LogP contribution in [-0.2, 0) is 11.3 Å². The molecule has 1 aromatic carbocycles. The number of fused-ring (bicyclic) bond motifs is 1. The van der Waals surface area contributed by atoms with Gasteiger partial charge in [0.25, 0.3) is 0 Å². The average Bonchev–Trinajstić information content (AvgIpc) is 2.85. The summed E-state index contributed by atoms with van der Waals surface area (Å²) in [6.07, 6.45) is 0. The Bertz CT molecular complexity index is 420. The molecule has 0 aliphatic carbocycles. The summed E-state index contributed by atoms with van der Waals surface area (Å²) in [5.41, 5.74) is 1.78. The van der Waals surface area contributed by atoms with Crippen LogP contribution in [-0.4, -0.2) is 56.7 Å². The number of benzene rings is 1. The first-order valence-corrected chi connectivity index (χ1v) is 7.17. The van der Waals surface area contributed by atoms with Crippen molar-refractivity contribution in [2.45, 2.75) is 6.54 Å². The second-order valence-corrected chi connectivity index (χ2v) is 6.47. The fourth-order valence-electron chi connectivity index (χ4n) is 3.76. The average molecular weight is 260 g/mol. The summed E-state index contributed by atoms with van der Waals surface area (Å²) in [6, 6.07) is 10.8. The van der Waals surface area contributed by atoms with Gasteiger partial charge in [-0.2, -0.15) is 0 Å². The molecule has 3 heteroatoms. The minimum Gasteiger partial charge on any atom is -0.380 e. The molecule has 0 aromatic heterocycles. The molecule has 0 N–H and O–H groups in total. The lowest BCUT2D eigenvalue weighted by atomic mass is 9.81. The lowest BCUT2D eigenvalue weighted by Gasteiger charge is -2.30. The van der Waals surface area contributed by atoms with Crippen molar-refractivity contribution in [3.05, 3.63) is 35.9 Å². The van der Waals surface area contributed by atoms with Crippen molar-refractivity contribution in [1.29, 1.82) is 0 Å². The smallest absolute Gasteiger partial charge is 0.0551 e. The fraction of sp³-hybridized carbons (Fsp3) is 0.625. The summed E-state index contributed by atoms with van der Waals surface area (Å²) >= 11 is 0. The highest BCUT2D eigenvalue weighted by Crippen LogP contribution is 2.42. The molecule has 2 aliphatic heterocycles.